The molecule has 1 rings (SSSR count). The predicted molar refractivity (Wildman–Crippen MR) is 194 cm³/mol. The van der Waals surface area contributed by atoms with Crippen LogP contribution in [0.5, 0.6) is 0 Å². The molecule has 1 saturated heterocycles. The number of nitrogens with two attached hydrogens (primary N) is 4. The van der Waals surface area contributed by atoms with Crippen molar-refractivity contribution in [2.75, 3.05) is 32.8 Å². The first-order valence-corrected chi connectivity index (χ1v) is 17.6. The van der Waals surface area contributed by atoms with Gasteiger partial charge in [0, 0.05) is 19.5 Å². The highest BCUT2D eigenvalue weighted by Gasteiger charge is 2.39. The van der Waals surface area contributed by atoms with Crippen LogP contribution in [-0.4, -0.2) is 165 Å². The Morgan fingerprint density at radius 3 is 1.79 bits per heavy atom. The number of carbonyl (C=O) groups is 11. The van der Waals surface area contributed by atoms with Gasteiger partial charge in [-0.05, 0) is 32.1 Å². The van der Waals surface area contributed by atoms with Gasteiger partial charge >= 0.3 is 17.9 Å². The van der Waals surface area contributed by atoms with Crippen molar-refractivity contribution in [1.82, 2.24) is 36.8 Å². The molecule has 0 aromatic carbocycles. The molecule has 1 heterocycles. The lowest BCUT2D eigenvalue weighted by Crippen LogP contribution is -2.60. The van der Waals surface area contributed by atoms with Crippen LogP contribution in [0.4, 0.5) is 0 Å². The van der Waals surface area contributed by atoms with Crippen LogP contribution in [0.1, 0.15) is 51.4 Å². The Morgan fingerprint density at radius 2 is 1.26 bits per heavy atom. The van der Waals surface area contributed by atoms with Crippen LogP contribution >= 0.6 is 0 Å². The molecular formula is C31H50N12O15. The Kier molecular flexibility index (Phi) is 21.1. The van der Waals surface area contributed by atoms with E-state index in [4.69, 9.17) is 33.1 Å². The summed E-state index contributed by atoms with van der Waals surface area (Å²) in [6.07, 6.45) is -2.58. The number of amides is 8. The summed E-state index contributed by atoms with van der Waals surface area (Å²) in [5, 5.41) is 50.0. The average Bonchev–Trinajstić information content (AvgIpc) is 3.63. The molecule has 0 saturated carbocycles. The number of aliphatic imine (C=N–C) groups is 1. The third-order valence-electron chi connectivity index (χ3n) is 8.13. The molecule has 27 heteroatoms. The molecule has 1 aliphatic rings. The van der Waals surface area contributed by atoms with Gasteiger partial charge in [-0.3, -0.25) is 57.7 Å². The van der Waals surface area contributed by atoms with Crippen molar-refractivity contribution in [2.45, 2.75) is 87.6 Å². The molecule has 0 aliphatic carbocycles. The number of carboxylic acid groups (broad SMARTS) is 3. The first-order chi connectivity index (χ1) is 27.2. The van der Waals surface area contributed by atoms with Crippen molar-refractivity contribution < 1.29 is 73.2 Å². The molecule has 6 atom stereocenters. The summed E-state index contributed by atoms with van der Waals surface area (Å²) >= 11 is 0. The standard InChI is InChI=1S/C31H50N12O15/c32-14(9-22(47)48)30(58)43-8-2-4-19(43)29(57)42-18(13-44)28(56)40-16(5-6-20(33)45)27(55)39-15(3-1-7-36-31(34)35)26(54)41-17(10-23(49)50)25(53)38-11-21(46)37-12-24(51)52/h14-19,44H,1-13,32H2,(H2,33,45)(H,37,46)(H,38,53)(H,39,55)(H,40,56)(H,41,54)(H,42,57)(H,47,48)(H,49,50)(H,51,52)(H4,34,35,36). The number of carboxylic acids is 3. The Balaban J connectivity index is 3.24. The molecule has 6 unspecified atom stereocenters. The number of aliphatic hydroxyl groups is 1. The maximum atomic E-state index is 13.6. The highest BCUT2D eigenvalue weighted by Crippen LogP contribution is 2.19. The maximum Gasteiger partial charge on any atom is 0.322 e. The van der Waals surface area contributed by atoms with Crippen molar-refractivity contribution in [3.8, 4) is 0 Å². The number of aliphatic carboxylic acids is 3. The number of hydrogen-bond acceptors (Lipinski definition) is 14. The van der Waals surface area contributed by atoms with E-state index in [1.807, 2.05) is 5.32 Å². The Hall–Kier alpha value is -6.64. The van der Waals surface area contributed by atoms with Crippen LogP contribution in [0.2, 0.25) is 0 Å². The zero-order valence-electron chi connectivity index (χ0n) is 31.1. The van der Waals surface area contributed by atoms with Crippen LogP contribution in [0, 0.1) is 0 Å². The van der Waals surface area contributed by atoms with Crippen LogP contribution in [0.25, 0.3) is 0 Å². The molecule has 0 spiro atoms. The highest BCUT2D eigenvalue weighted by atomic mass is 16.4. The SMILES string of the molecule is NC(=O)CCC(NC(=O)C(CO)NC(=O)C1CCCN1C(=O)C(N)CC(=O)O)C(=O)NC(CCCN=C(N)N)C(=O)NC(CC(=O)O)C(=O)NCC(=O)NCC(=O)O. The van der Waals surface area contributed by atoms with Crippen LogP contribution < -0.4 is 54.8 Å². The van der Waals surface area contributed by atoms with E-state index >= 15 is 0 Å². The fourth-order valence-corrected chi connectivity index (χ4v) is 5.31. The molecule has 18 N–H and O–H groups in total. The first kappa shape index (κ1) is 49.4. The van der Waals surface area contributed by atoms with E-state index in [1.54, 1.807) is 0 Å². The molecule has 0 radical (unpaired) electrons. The van der Waals surface area contributed by atoms with Gasteiger partial charge in [0.05, 0.1) is 32.0 Å². The number of hydrogen-bond donors (Lipinski definition) is 14. The van der Waals surface area contributed by atoms with Crippen molar-refractivity contribution in [2.24, 2.45) is 27.9 Å². The minimum atomic E-state index is -1.84. The Morgan fingerprint density at radius 1 is 0.690 bits per heavy atom. The molecule has 0 aromatic rings. The van der Waals surface area contributed by atoms with E-state index in [9.17, 15) is 63.0 Å². The van der Waals surface area contributed by atoms with Gasteiger partial charge in [0.2, 0.25) is 47.3 Å². The molecule has 58 heavy (non-hydrogen) atoms. The first-order valence-electron chi connectivity index (χ1n) is 17.6. The summed E-state index contributed by atoms with van der Waals surface area (Å²) in [5.74, 6) is -12.9. The third kappa shape index (κ3) is 18.3. The topological polar surface area (TPSA) is 461 Å². The van der Waals surface area contributed by atoms with Crippen LogP contribution in [0.3, 0.4) is 0 Å². The fourth-order valence-electron chi connectivity index (χ4n) is 5.31. The van der Waals surface area contributed by atoms with E-state index in [-0.39, 0.29) is 38.3 Å². The van der Waals surface area contributed by atoms with E-state index in [0.29, 0.717) is 6.42 Å². The second kappa shape index (κ2) is 24.8. The quantitative estimate of drug-likeness (QED) is 0.0219. The molecule has 0 aromatic heterocycles. The van der Waals surface area contributed by atoms with Gasteiger partial charge in [-0.2, -0.15) is 0 Å². The smallest absolute Gasteiger partial charge is 0.322 e. The number of nitrogens with zero attached hydrogens (tertiary/aromatic N) is 2. The molecular weight excluding hydrogens is 780 g/mol. The van der Waals surface area contributed by atoms with E-state index in [2.05, 4.69) is 31.6 Å². The van der Waals surface area contributed by atoms with Crippen LogP contribution in [-0.2, 0) is 52.7 Å². The summed E-state index contributed by atoms with van der Waals surface area (Å²) in [6, 6.07) is -9.53. The fraction of sp³-hybridized carbons (Fsp3) is 0.613. The van der Waals surface area contributed by atoms with Crippen molar-refractivity contribution >= 4 is 71.1 Å². The van der Waals surface area contributed by atoms with Gasteiger partial charge in [-0.1, -0.05) is 0 Å². The lowest BCUT2D eigenvalue weighted by atomic mass is 10.1. The molecule has 0 bridgehead atoms. The summed E-state index contributed by atoms with van der Waals surface area (Å²) in [5.41, 5.74) is 21.6. The Labute approximate surface area is 329 Å². The number of carbonyl (C=O) groups excluding carboxylic acids is 8. The highest BCUT2D eigenvalue weighted by molar-refractivity contribution is 5.98. The minimum absolute atomic E-state index is 0.00532. The van der Waals surface area contributed by atoms with Gasteiger partial charge in [0.15, 0.2) is 5.96 Å². The van der Waals surface area contributed by atoms with E-state index < -0.39 is 147 Å². The Bertz CT molecular complexity index is 1590. The summed E-state index contributed by atoms with van der Waals surface area (Å²) in [7, 11) is 0. The maximum absolute atomic E-state index is 13.6. The average molecular weight is 831 g/mol. The predicted octanol–water partition coefficient (Wildman–Crippen LogP) is -8.18. The second-order valence-corrected chi connectivity index (χ2v) is 12.8. The third-order valence-corrected chi connectivity index (χ3v) is 8.13. The number of primary amides is 1. The minimum Gasteiger partial charge on any atom is -0.481 e. The number of likely N-dealkylation sites (tertiary alicyclic amines) is 1. The van der Waals surface area contributed by atoms with Crippen LogP contribution in [0.15, 0.2) is 4.99 Å². The van der Waals surface area contributed by atoms with Crippen molar-refractivity contribution in [1.29, 1.82) is 0 Å². The summed E-state index contributed by atoms with van der Waals surface area (Å²) < 4.78 is 0. The van der Waals surface area contributed by atoms with E-state index in [0.717, 1.165) is 4.90 Å². The second-order valence-electron chi connectivity index (χ2n) is 12.8. The molecule has 8 amide bonds. The van der Waals surface area contributed by atoms with E-state index in [1.165, 1.54) is 0 Å². The number of nitrogens with one attached hydrogen (secondary N) is 6. The molecule has 27 nitrogen and oxygen atoms in total. The van der Waals surface area contributed by atoms with Crippen molar-refractivity contribution in [3.63, 3.8) is 0 Å². The zero-order chi connectivity index (χ0) is 44.1. The van der Waals surface area contributed by atoms with Gasteiger partial charge < -0.3 is 80.2 Å². The molecule has 324 valence electrons. The lowest BCUT2D eigenvalue weighted by molar-refractivity contribution is -0.144. The van der Waals surface area contributed by atoms with Gasteiger partial charge in [0.25, 0.3) is 0 Å². The largest absolute Gasteiger partial charge is 0.481 e. The zero-order valence-corrected chi connectivity index (χ0v) is 31.1. The summed E-state index contributed by atoms with van der Waals surface area (Å²) in [4.78, 5) is 141. The number of aliphatic hydroxyl groups excluding tert-OH is 1. The van der Waals surface area contributed by atoms with Crippen molar-refractivity contribution in [3.05, 3.63) is 0 Å². The summed E-state index contributed by atoms with van der Waals surface area (Å²) in [6.45, 7) is -2.66. The number of guanidine groups is 1. The normalized spacial score (nSPS) is 15.8. The number of rotatable bonds is 26. The molecule has 1 fully saturated rings. The van der Waals surface area contributed by atoms with Gasteiger partial charge in [-0.15, -0.1) is 0 Å². The van der Waals surface area contributed by atoms with Gasteiger partial charge in [-0.25, -0.2) is 0 Å². The molecule has 1 aliphatic heterocycles. The van der Waals surface area contributed by atoms with Gasteiger partial charge in [0.1, 0.15) is 36.8 Å². The monoisotopic (exact) mass is 830 g/mol. The lowest BCUT2D eigenvalue weighted by Gasteiger charge is -2.28.